The number of ether oxygens (including phenoxy) is 1. The van der Waals surface area contributed by atoms with Gasteiger partial charge in [0.25, 0.3) is 5.91 Å². The van der Waals surface area contributed by atoms with Crippen LogP contribution in [-0.2, 0) is 14.6 Å². The molecule has 2 fully saturated rings. The molecule has 0 saturated carbocycles. The Kier molecular flexibility index (Phi) is 6.91. The third kappa shape index (κ3) is 5.24. The minimum absolute atomic E-state index is 0.139. The number of hydrogen-bond donors (Lipinski definition) is 1. The van der Waals surface area contributed by atoms with Gasteiger partial charge >= 0.3 is 12.1 Å². The minimum Gasteiger partial charge on any atom is -0.477 e. The molecule has 1 spiro atoms. The number of aromatic nitrogens is 2. The van der Waals surface area contributed by atoms with E-state index in [0.29, 0.717) is 17.9 Å². The van der Waals surface area contributed by atoms with Gasteiger partial charge < -0.3 is 14.7 Å². The number of nitrogens with zero attached hydrogens (tertiary/aromatic N) is 3. The third-order valence-corrected chi connectivity index (χ3v) is 8.15. The summed E-state index contributed by atoms with van der Waals surface area (Å²) in [5.41, 5.74) is 0.520. The standard InChI is InChI=1S/C18H19N3O4S.C2HF3O2/c22-17(14-4-8-19-9-5-14)21-12-18(13-21)15(6-10-26(18,23)24)11-25-16-3-1-2-7-20-16;3-2(4,5)1(6)7/h1-5,7-9,15H,6,10-13H2;(H,6,7). The SMILES string of the molecule is O=C(O)C(F)(F)F.O=C(c1ccncc1)N1CC2(C1)C(COc1ccccn1)CCS2(=O)=O. The lowest BCUT2D eigenvalue weighted by Crippen LogP contribution is -2.68. The smallest absolute Gasteiger partial charge is 0.477 e. The fourth-order valence-electron chi connectivity index (χ4n) is 3.75. The highest BCUT2D eigenvalue weighted by atomic mass is 32.2. The first kappa shape index (κ1) is 24.4. The van der Waals surface area contributed by atoms with Crippen molar-refractivity contribution in [2.75, 3.05) is 25.4 Å². The second-order valence-corrected chi connectivity index (χ2v) is 10.00. The number of carboxylic acid groups (broad SMARTS) is 1. The molecule has 0 aromatic carbocycles. The molecule has 33 heavy (non-hydrogen) atoms. The summed E-state index contributed by atoms with van der Waals surface area (Å²) < 4.78 is 61.9. The van der Waals surface area contributed by atoms with Gasteiger partial charge in [0.05, 0.1) is 12.4 Å². The Morgan fingerprint density at radius 3 is 2.33 bits per heavy atom. The molecule has 4 rings (SSSR count). The van der Waals surface area contributed by atoms with Crippen LogP contribution in [-0.4, -0.2) is 76.6 Å². The number of alkyl halides is 3. The molecule has 1 unspecified atom stereocenters. The van der Waals surface area contributed by atoms with Crippen LogP contribution in [0.25, 0.3) is 0 Å². The molecule has 1 atom stereocenters. The maximum atomic E-state index is 12.7. The Morgan fingerprint density at radius 1 is 1.15 bits per heavy atom. The Morgan fingerprint density at radius 2 is 1.79 bits per heavy atom. The van der Waals surface area contributed by atoms with Gasteiger partial charge in [0.2, 0.25) is 5.88 Å². The van der Waals surface area contributed by atoms with Gasteiger partial charge in [-0.2, -0.15) is 13.2 Å². The molecular formula is C20H20F3N3O6S. The molecule has 0 bridgehead atoms. The van der Waals surface area contributed by atoms with Crippen LogP contribution in [0.15, 0.2) is 48.9 Å². The molecule has 2 aliphatic rings. The van der Waals surface area contributed by atoms with E-state index >= 15 is 0 Å². The van der Waals surface area contributed by atoms with E-state index in [2.05, 4.69) is 9.97 Å². The van der Waals surface area contributed by atoms with Crippen molar-refractivity contribution in [3.05, 3.63) is 54.5 Å². The van der Waals surface area contributed by atoms with E-state index in [1.54, 1.807) is 47.8 Å². The number of carbonyl (C=O) groups is 2. The third-order valence-electron chi connectivity index (χ3n) is 5.54. The van der Waals surface area contributed by atoms with Gasteiger partial charge in [0.15, 0.2) is 9.84 Å². The molecule has 4 heterocycles. The highest BCUT2D eigenvalue weighted by molar-refractivity contribution is 7.93. The predicted octanol–water partition coefficient (Wildman–Crippen LogP) is 1.82. The van der Waals surface area contributed by atoms with Crippen molar-refractivity contribution in [1.29, 1.82) is 0 Å². The van der Waals surface area contributed by atoms with Crippen LogP contribution in [0.4, 0.5) is 13.2 Å². The van der Waals surface area contributed by atoms with Gasteiger partial charge in [-0.05, 0) is 24.6 Å². The van der Waals surface area contributed by atoms with Crippen LogP contribution < -0.4 is 4.74 Å². The summed E-state index contributed by atoms with van der Waals surface area (Å²) in [5, 5.41) is 7.12. The van der Waals surface area contributed by atoms with E-state index < -0.39 is 26.7 Å². The number of hydrogen-bond acceptors (Lipinski definition) is 7. The molecule has 0 radical (unpaired) electrons. The van der Waals surface area contributed by atoms with Gasteiger partial charge in [-0.25, -0.2) is 18.2 Å². The maximum absolute atomic E-state index is 12.7. The number of likely N-dealkylation sites (tertiary alicyclic amines) is 1. The minimum atomic E-state index is -5.08. The average Bonchev–Trinajstić information content (AvgIpc) is 3.02. The monoisotopic (exact) mass is 487 g/mol. The molecule has 178 valence electrons. The van der Waals surface area contributed by atoms with E-state index in [-0.39, 0.29) is 37.3 Å². The summed E-state index contributed by atoms with van der Waals surface area (Å²) in [6.07, 6.45) is 0.207. The second-order valence-electron chi connectivity index (χ2n) is 7.55. The largest absolute Gasteiger partial charge is 0.490 e. The fraction of sp³-hybridized carbons (Fsp3) is 0.400. The number of amides is 1. The Balaban J connectivity index is 0.000000383. The zero-order valence-electron chi connectivity index (χ0n) is 17.1. The zero-order valence-corrected chi connectivity index (χ0v) is 17.9. The lowest BCUT2D eigenvalue weighted by Gasteiger charge is -2.49. The van der Waals surface area contributed by atoms with Crippen LogP contribution in [0.2, 0.25) is 0 Å². The quantitative estimate of drug-likeness (QED) is 0.692. The molecule has 2 aromatic rings. The summed E-state index contributed by atoms with van der Waals surface area (Å²) in [6.45, 7) is 0.715. The summed E-state index contributed by atoms with van der Waals surface area (Å²) in [7, 11) is -3.26. The van der Waals surface area contributed by atoms with Gasteiger partial charge in [-0.1, -0.05) is 6.07 Å². The zero-order chi connectivity index (χ0) is 24.3. The lowest BCUT2D eigenvalue weighted by molar-refractivity contribution is -0.192. The Labute approximate surface area is 187 Å². The molecule has 0 aliphatic carbocycles. The van der Waals surface area contributed by atoms with Gasteiger partial charge in [0.1, 0.15) is 4.75 Å². The first-order chi connectivity index (χ1) is 15.5. The maximum Gasteiger partial charge on any atom is 0.490 e. The molecule has 2 aliphatic heterocycles. The predicted molar refractivity (Wildman–Crippen MR) is 108 cm³/mol. The summed E-state index contributed by atoms with van der Waals surface area (Å²) in [5.74, 6) is -2.44. The number of rotatable bonds is 4. The number of halogens is 3. The topological polar surface area (TPSA) is 127 Å². The molecular weight excluding hydrogens is 467 g/mol. The average molecular weight is 487 g/mol. The van der Waals surface area contributed by atoms with Crippen LogP contribution in [0.5, 0.6) is 5.88 Å². The van der Waals surface area contributed by atoms with Crippen molar-refractivity contribution in [2.45, 2.75) is 17.3 Å². The van der Waals surface area contributed by atoms with E-state index in [1.807, 2.05) is 6.07 Å². The number of sulfone groups is 1. The first-order valence-corrected chi connectivity index (χ1v) is 11.4. The van der Waals surface area contributed by atoms with E-state index in [1.165, 1.54) is 0 Å². The van der Waals surface area contributed by atoms with E-state index in [9.17, 15) is 26.4 Å². The van der Waals surface area contributed by atoms with Crippen LogP contribution >= 0.6 is 0 Å². The molecule has 13 heteroatoms. The molecule has 1 amide bonds. The fourth-order valence-corrected chi connectivity index (χ4v) is 6.15. The van der Waals surface area contributed by atoms with Crippen LogP contribution in [0.3, 0.4) is 0 Å². The Hall–Kier alpha value is -3.22. The van der Waals surface area contributed by atoms with Crippen molar-refractivity contribution in [2.24, 2.45) is 5.92 Å². The summed E-state index contributed by atoms with van der Waals surface area (Å²) in [6, 6.07) is 8.64. The van der Waals surface area contributed by atoms with E-state index in [0.717, 1.165) is 0 Å². The highest BCUT2D eigenvalue weighted by Crippen LogP contribution is 2.45. The first-order valence-electron chi connectivity index (χ1n) is 9.72. The summed E-state index contributed by atoms with van der Waals surface area (Å²) >= 11 is 0. The number of carboxylic acids is 1. The lowest BCUT2D eigenvalue weighted by atomic mass is 9.83. The molecule has 2 aromatic heterocycles. The second kappa shape index (κ2) is 9.33. The molecule has 1 N–H and O–H groups in total. The van der Waals surface area contributed by atoms with Crippen molar-refractivity contribution in [3.8, 4) is 5.88 Å². The van der Waals surface area contributed by atoms with Crippen LogP contribution in [0, 0.1) is 5.92 Å². The molecule has 2 saturated heterocycles. The summed E-state index contributed by atoms with van der Waals surface area (Å²) in [4.78, 5) is 31.0. The van der Waals surface area contributed by atoms with Crippen molar-refractivity contribution >= 4 is 21.7 Å². The normalized spacial score (nSPS) is 20.3. The molecule has 9 nitrogen and oxygen atoms in total. The Bertz CT molecular complexity index is 1090. The van der Waals surface area contributed by atoms with E-state index in [4.69, 9.17) is 14.6 Å². The van der Waals surface area contributed by atoms with Crippen molar-refractivity contribution in [3.63, 3.8) is 0 Å². The number of pyridine rings is 2. The van der Waals surface area contributed by atoms with Crippen molar-refractivity contribution in [1.82, 2.24) is 14.9 Å². The highest BCUT2D eigenvalue weighted by Gasteiger charge is 2.62. The van der Waals surface area contributed by atoms with Crippen molar-refractivity contribution < 1.29 is 41.0 Å². The van der Waals surface area contributed by atoms with Crippen LogP contribution in [0.1, 0.15) is 16.8 Å². The number of carbonyl (C=O) groups excluding carboxylic acids is 1. The number of aliphatic carboxylic acids is 1. The van der Waals surface area contributed by atoms with Gasteiger partial charge in [-0.3, -0.25) is 9.78 Å². The van der Waals surface area contributed by atoms with Gasteiger partial charge in [-0.15, -0.1) is 0 Å². The van der Waals surface area contributed by atoms with Gasteiger partial charge in [0, 0.05) is 49.2 Å².